The number of unbranched alkanes of at least 4 members (excludes halogenated alkanes) is 2. The summed E-state index contributed by atoms with van der Waals surface area (Å²) in [4.78, 5) is 2.64. The zero-order valence-electron chi connectivity index (χ0n) is 12.9. The highest BCUT2D eigenvalue weighted by Gasteiger charge is 2.19. The third kappa shape index (κ3) is 7.38. The predicted molar refractivity (Wildman–Crippen MR) is 81.1 cm³/mol. The molecule has 1 fully saturated rings. The molecule has 2 heteroatoms. The highest BCUT2D eigenvalue weighted by molar-refractivity contribution is 4.80. The van der Waals surface area contributed by atoms with Gasteiger partial charge < -0.3 is 10.2 Å². The lowest BCUT2D eigenvalue weighted by molar-refractivity contribution is 0.229. The molecular weight excluding hydrogens is 220 g/mol. The predicted octanol–water partition coefficient (Wildman–Crippen LogP) is 3.67. The van der Waals surface area contributed by atoms with E-state index in [1.54, 1.807) is 0 Å². The molecule has 108 valence electrons. The van der Waals surface area contributed by atoms with Gasteiger partial charge in [0.05, 0.1) is 0 Å². The summed E-state index contributed by atoms with van der Waals surface area (Å²) in [5.74, 6) is 0.904. The topological polar surface area (TPSA) is 15.3 Å². The first-order valence-corrected chi connectivity index (χ1v) is 8.25. The quantitative estimate of drug-likeness (QED) is 0.535. The lowest BCUT2D eigenvalue weighted by Crippen LogP contribution is -2.30. The van der Waals surface area contributed by atoms with Crippen LogP contribution in [-0.4, -0.2) is 37.1 Å². The SMILES string of the molecule is CCC(CC)CN(CC)CCCCCNC1CC1. The fourth-order valence-corrected chi connectivity index (χ4v) is 2.52. The minimum absolute atomic E-state index is 0.881. The highest BCUT2D eigenvalue weighted by atomic mass is 15.1. The van der Waals surface area contributed by atoms with Crippen LogP contribution in [0.4, 0.5) is 0 Å². The summed E-state index contributed by atoms with van der Waals surface area (Å²) in [6.45, 7) is 12.0. The Kier molecular flexibility index (Phi) is 8.70. The average Bonchev–Trinajstić information content (AvgIpc) is 3.21. The Balaban J connectivity index is 1.95. The van der Waals surface area contributed by atoms with Crippen molar-refractivity contribution in [2.45, 2.75) is 71.8 Å². The van der Waals surface area contributed by atoms with Gasteiger partial charge in [0.1, 0.15) is 0 Å². The molecule has 0 amide bonds. The molecule has 1 aliphatic rings. The van der Waals surface area contributed by atoms with Crippen molar-refractivity contribution >= 4 is 0 Å². The van der Waals surface area contributed by atoms with Crippen LogP contribution in [0.1, 0.15) is 65.7 Å². The number of nitrogens with zero attached hydrogens (tertiary/aromatic N) is 1. The molecule has 0 unspecified atom stereocenters. The Morgan fingerprint density at radius 2 is 1.78 bits per heavy atom. The van der Waals surface area contributed by atoms with Crippen molar-refractivity contribution in [3.05, 3.63) is 0 Å². The van der Waals surface area contributed by atoms with Crippen LogP contribution in [0.2, 0.25) is 0 Å². The fraction of sp³-hybridized carbons (Fsp3) is 1.00. The van der Waals surface area contributed by atoms with Gasteiger partial charge in [0.2, 0.25) is 0 Å². The van der Waals surface area contributed by atoms with Crippen molar-refractivity contribution in [3.63, 3.8) is 0 Å². The summed E-state index contributed by atoms with van der Waals surface area (Å²) >= 11 is 0. The van der Waals surface area contributed by atoms with Crippen LogP contribution in [0.3, 0.4) is 0 Å². The average molecular weight is 254 g/mol. The van der Waals surface area contributed by atoms with Gasteiger partial charge in [0.25, 0.3) is 0 Å². The normalized spacial score (nSPS) is 15.8. The van der Waals surface area contributed by atoms with Crippen molar-refractivity contribution in [3.8, 4) is 0 Å². The van der Waals surface area contributed by atoms with Crippen LogP contribution < -0.4 is 5.32 Å². The van der Waals surface area contributed by atoms with Gasteiger partial charge in [-0.25, -0.2) is 0 Å². The van der Waals surface area contributed by atoms with E-state index in [2.05, 4.69) is 31.0 Å². The van der Waals surface area contributed by atoms with Crippen molar-refractivity contribution in [1.82, 2.24) is 10.2 Å². The molecule has 0 saturated heterocycles. The van der Waals surface area contributed by atoms with E-state index in [1.165, 1.54) is 71.1 Å². The summed E-state index contributed by atoms with van der Waals surface area (Å²) in [5.41, 5.74) is 0. The third-order valence-corrected chi connectivity index (χ3v) is 4.28. The zero-order chi connectivity index (χ0) is 13.2. The molecule has 18 heavy (non-hydrogen) atoms. The Morgan fingerprint density at radius 1 is 1.06 bits per heavy atom. The second-order valence-corrected chi connectivity index (χ2v) is 5.86. The maximum absolute atomic E-state index is 3.60. The van der Waals surface area contributed by atoms with E-state index in [4.69, 9.17) is 0 Å². The van der Waals surface area contributed by atoms with Gasteiger partial charge in [-0.3, -0.25) is 0 Å². The highest BCUT2D eigenvalue weighted by Crippen LogP contribution is 2.18. The first-order chi connectivity index (χ1) is 8.80. The van der Waals surface area contributed by atoms with E-state index in [1.807, 2.05) is 0 Å². The number of rotatable bonds is 12. The first kappa shape index (κ1) is 16.0. The molecule has 0 atom stereocenters. The maximum atomic E-state index is 3.60. The van der Waals surface area contributed by atoms with Crippen molar-refractivity contribution in [2.24, 2.45) is 5.92 Å². The Morgan fingerprint density at radius 3 is 2.33 bits per heavy atom. The minimum atomic E-state index is 0.881. The third-order valence-electron chi connectivity index (χ3n) is 4.28. The summed E-state index contributed by atoms with van der Waals surface area (Å²) in [5, 5.41) is 3.60. The molecule has 1 N–H and O–H groups in total. The van der Waals surface area contributed by atoms with E-state index in [0.717, 1.165) is 12.0 Å². The van der Waals surface area contributed by atoms with Crippen LogP contribution in [0.25, 0.3) is 0 Å². The molecule has 0 radical (unpaired) electrons. The van der Waals surface area contributed by atoms with Crippen LogP contribution in [-0.2, 0) is 0 Å². The Labute approximate surface area is 115 Å². The lowest BCUT2D eigenvalue weighted by Gasteiger charge is -2.25. The molecule has 0 heterocycles. The van der Waals surface area contributed by atoms with Gasteiger partial charge in [0, 0.05) is 12.6 Å². The minimum Gasteiger partial charge on any atom is -0.314 e. The van der Waals surface area contributed by atoms with Crippen LogP contribution in [0, 0.1) is 5.92 Å². The van der Waals surface area contributed by atoms with E-state index in [9.17, 15) is 0 Å². The van der Waals surface area contributed by atoms with Gasteiger partial charge in [-0.2, -0.15) is 0 Å². The van der Waals surface area contributed by atoms with Crippen LogP contribution >= 0.6 is 0 Å². The molecule has 1 aliphatic carbocycles. The lowest BCUT2D eigenvalue weighted by atomic mass is 10.0. The van der Waals surface area contributed by atoms with Crippen LogP contribution in [0.15, 0.2) is 0 Å². The van der Waals surface area contributed by atoms with Crippen molar-refractivity contribution < 1.29 is 0 Å². The number of nitrogens with one attached hydrogen (secondary N) is 1. The second-order valence-electron chi connectivity index (χ2n) is 5.86. The molecule has 1 saturated carbocycles. The molecule has 0 bridgehead atoms. The Hall–Kier alpha value is -0.0800. The van der Waals surface area contributed by atoms with Gasteiger partial charge in [-0.1, -0.05) is 40.0 Å². The first-order valence-electron chi connectivity index (χ1n) is 8.25. The van der Waals surface area contributed by atoms with E-state index >= 15 is 0 Å². The molecule has 2 nitrogen and oxygen atoms in total. The van der Waals surface area contributed by atoms with Gasteiger partial charge in [-0.05, 0) is 51.2 Å². The second kappa shape index (κ2) is 9.80. The summed E-state index contributed by atoms with van der Waals surface area (Å²) < 4.78 is 0. The summed E-state index contributed by atoms with van der Waals surface area (Å²) in [7, 11) is 0. The smallest absolute Gasteiger partial charge is 0.00682 e. The summed E-state index contributed by atoms with van der Waals surface area (Å²) in [6.07, 6.45) is 9.62. The van der Waals surface area contributed by atoms with Gasteiger partial charge >= 0.3 is 0 Å². The largest absolute Gasteiger partial charge is 0.314 e. The molecule has 0 aliphatic heterocycles. The van der Waals surface area contributed by atoms with E-state index in [-0.39, 0.29) is 0 Å². The number of hydrogen-bond donors (Lipinski definition) is 1. The maximum Gasteiger partial charge on any atom is 0.00682 e. The standard InChI is InChI=1S/C16H34N2/c1-4-15(5-2)14-18(6-3)13-9-7-8-12-17-16-10-11-16/h15-17H,4-14H2,1-3H3. The van der Waals surface area contributed by atoms with Crippen molar-refractivity contribution in [2.75, 3.05) is 26.2 Å². The van der Waals surface area contributed by atoms with Gasteiger partial charge in [-0.15, -0.1) is 0 Å². The number of hydrogen-bond acceptors (Lipinski definition) is 2. The molecule has 1 rings (SSSR count). The molecule has 0 spiro atoms. The monoisotopic (exact) mass is 254 g/mol. The Bertz CT molecular complexity index is 186. The molecule has 0 aromatic carbocycles. The van der Waals surface area contributed by atoms with Gasteiger partial charge in [0.15, 0.2) is 0 Å². The molecule has 0 aromatic heterocycles. The van der Waals surface area contributed by atoms with Crippen LogP contribution in [0.5, 0.6) is 0 Å². The fourth-order valence-electron chi connectivity index (χ4n) is 2.52. The zero-order valence-corrected chi connectivity index (χ0v) is 12.9. The summed E-state index contributed by atoms with van der Waals surface area (Å²) in [6, 6.07) is 0.881. The molecular formula is C16H34N2. The van der Waals surface area contributed by atoms with Crippen molar-refractivity contribution in [1.29, 1.82) is 0 Å². The molecule has 0 aromatic rings. The van der Waals surface area contributed by atoms with E-state index in [0.29, 0.717) is 0 Å². The van der Waals surface area contributed by atoms with E-state index < -0.39 is 0 Å².